The molecule has 1 N–H and O–H groups in total. The number of H-pyrrole nitrogens is 1. The Morgan fingerprint density at radius 2 is 2.00 bits per heavy atom. The molecule has 2 aromatic rings. The zero-order valence-electron chi connectivity index (χ0n) is 17.0. The Balaban J connectivity index is 2.23. The van der Waals surface area contributed by atoms with Crippen LogP contribution >= 0.6 is 12.2 Å². The van der Waals surface area contributed by atoms with E-state index in [9.17, 15) is 9.59 Å². The fourth-order valence-corrected chi connectivity index (χ4v) is 2.68. The number of rotatable bonds is 9. The number of aromatic amines is 1. The van der Waals surface area contributed by atoms with Gasteiger partial charge in [0.25, 0.3) is 11.5 Å². The molecule has 1 aromatic heterocycles. The van der Waals surface area contributed by atoms with Crippen molar-refractivity contribution < 1.29 is 14.3 Å². The van der Waals surface area contributed by atoms with Gasteiger partial charge in [-0.15, -0.1) is 0 Å². The molecule has 1 aromatic carbocycles. The van der Waals surface area contributed by atoms with E-state index in [0.717, 1.165) is 4.68 Å². The number of ether oxygens (including phenoxy) is 2. The fraction of sp³-hybridized carbons (Fsp3) is 0.421. The van der Waals surface area contributed by atoms with Crippen LogP contribution in [0.4, 0.5) is 0 Å². The van der Waals surface area contributed by atoms with Crippen LogP contribution in [0.3, 0.4) is 0 Å². The van der Waals surface area contributed by atoms with Crippen LogP contribution in [0.1, 0.15) is 32.0 Å². The normalized spacial score (nSPS) is 10.9. The van der Waals surface area contributed by atoms with Gasteiger partial charge in [-0.2, -0.15) is 14.9 Å². The molecule has 29 heavy (non-hydrogen) atoms. The number of likely N-dealkylation sites (N-methyl/N-ethyl adjacent to an activating group) is 1. The molecule has 156 valence electrons. The minimum Gasteiger partial charge on any atom is -0.490 e. The summed E-state index contributed by atoms with van der Waals surface area (Å²) in [4.78, 5) is 26.0. The molecule has 0 atom stereocenters. The predicted molar refractivity (Wildman–Crippen MR) is 112 cm³/mol. The molecule has 1 heterocycles. The highest BCUT2D eigenvalue weighted by molar-refractivity contribution is 7.71. The van der Waals surface area contributed by atoms with Gasteiger partial charge >= 0.3 is 0 Å². The maximum absolute atomic E-state index is 12.2. The Labute approximate surface area is 174 Å². The summed E-state index contributed by atoms with van der Waals surface area (Å²) in [5.41, 5.74) is 0.531. The van der Waals surface area contributed by atoms with Crippen LogP contribution in [0.25, 0.3) is 0 Å². The van der Waals surface area contributed by atoms with Crippen LogP contribution in [0.2, 0.25) is 0 Å². The van der Waals surface area contributed by atoms with E-state index in [1.165, 1.54) is 6.21 Å². The van der Waals surface area contributed by atoms with Crippen LogP contribution in [-0.4, -0.2) is 58.2 Å². The van der Waals surface area contributed by atoms with E-state index >= 15 is 0 Å². The topological polar surface area (TPSA) is 102 Å². The molecule has 0 radical (unpaired) electrons. The molecule has 0 bridgehead atoms. The molecule has 0 spiro atoms. The zero-order chi connectivity index (χ0) is 21.4. The van der Waals surface area contributed by atoms with Gasteiger partial charge in [0.05, 0.1) is 12.8 Å². The van der Waals surface area contributed by atoms with Crippen molar-refractivity contribution in [3.8, 4) is 11.5 Å². The highest BCUT2D eigenvalue weighted by Gasteiger charge is 2.13. The maximum atomic E-state index is 12.2. The number of aryl methyl sites for hydroxylation is 1. The number of carbonyl (C=O) groups is 1. The van der Waals surface area contributed by atoms with Crippen LogP contribution in [0.15, 0.2) is 28.1 Å². The Kier molecular flexibility index (Phi) is 8.08. The van der Waals surface area contributed by atoms with Crippen LogP contribution in [0.5, 0.6) is 11.5 Å². The van der Waals surface area contributed by atoms with Crippen molar-refractivity contribution in [2.45, 2.75) is 27.7 Å². The summed E-state index contributed by atoms with van der Waals surface area (Å²) >= 11 is 5.05. The van der Waals surface area contributed by atoms with Gasteiger partial charge in [-0.3, -0.25) is 14.7 Å². The Hall–Kier alpha value is -3.01. The number of aromatic nitrogens is 3. The zero-order valence-corrected chi connectivity index (χ0v) is 17.8. The highest BCUT2D eigenvalue weighted by atomic mass is 32.1. The van der Waals surface area contributed by atoms with Gasteiger partial charge in [-0.05, 0) is 63.7 Å². The third-order valence-corrected chi connectivity index (χ3v) is 4.33. The van der Waals surface area contributed by atoms with E-state index < -0.39 is 5.56 Å². The second-order valence-electron chi connectivity index (χ2n) is 5.97. The van der Waals surface area contributed by atoms with Crippen molar-refractivity contribution in [3.63, 3.8) is 0 Å². The quantitative estimate of drug-likeness (QED) is 0.494. The molecule has 0 aliphatic rings. The largest absolute Gasteiger partial charge is 0.490 e. The van der Waals surface area contributed by atoms with Gasteiger partial charge < -0.3 is 14.4 Å². The predicted octanol–water partition coefficient (Wildman–Crippen LogP) is 2.14. The number of benzene rings is 1. The van der Waals surface area contributed by atoms with E-state index in [4.69, 9.17) is 21.7 Å². The number of hydrogen-bond donors (Lipinski definition) is 1. The minimum atomic E-state index is -0.398. The fourth-order valence-electron chi connectivity index (χ4n) is 2.50. The van der Waals surface area contributed by atoms with Gasteiger partial charge in [0, 0.05) is 13.1 Å². The summed E-state index contributed by atoms with van der Waals surface area (Å²) in [6, 6.07) is 5.16. The molecule has 9 nitrogen and oxygen atoms in total. The summed E-state index contributed by atoms with van der Waals surface area (Å²) < 4.78 is 12.4. The monoisotopic (exact) mass is 419 g/mol. The Morgan fingerprint density at radius 1 is 1.28 bits per heavy atom. The van der Waals surface area contributed by atoms with Crippen molar-refractivity contribution in [2.75, 3.05) is 26.3 Å². The molecule has 0 unspecified atom stereocenters. The van der Waals surface area contributed by atoms with Gasteiger partial charge in [0.1, 0.15) is 5.69 Å². The van der Waals surface area contributed by atoms with Crippen molar-refractivity contribution in [1.29, 1.82) is 0 Å². The summed E-state index contributed by atoms with van der Waals surface area (Å²) in [5, 5.41) is 10.5. The molecule has 0 fully saturated rings. The first-order chi connectivity index (χ1) is 13.9. The first-order valence-corrected chi connectivity index (χ1v) is 9.72. The first-order valence-electron chi connectivity index (χ1n) is 9.31. The SMILES string of the molecule is CCOc1cc(/C=N\n2c(=S)[nH]nc(C)c2=O)ccc1OCC(=O)N(CC)CC. The number of nitrogens with zero attached hydrogens (tertiary/aromatic N) is 4. The van der Waals surface area contributed by atoms with Crippen LogP contribution in [-0.2, 0) is 4.79 Å². The third-order valence-electron chi connectivity index (χ3n) is 4.07. The van der Waals surface area contributed by atoms with E-state index in [2.05, 4.69) is 15.3 Å². The average Bonchev–Trinajstić information content (AvgIpc) is 2.71. The van der Waals surface area contributed by atoms with Gasteiger partial charge in [-0.25, -0.2) is 0 Å². The van der Waals surface area contributed by atoms with E-state index in [1.807, 2.05) is 20.8 Å². The number of hydrogen-bond acceptors (Lipinski definition) is 7. The number of amides is 1. The van der Waals surface area contributed by atoms with Crippen molar-refractivity contribution >= 4 is 24.3 Å². The average molecular weight is 420 g/mol. The van der Waals surface area contributed by atoms with E-state index in [1.54, 1.807) is 30.0 Å². The molecule has 2 rings (SSSR count). The smallest absolute Gasteiger partial charge is 0.296 e. The lowest BCUT2D eigenvalue weighted by molar-refractivity contribution is -0.132. The lowest BCUT2D eigenvalue weighted by atomic mass is 10.2. The highest BCUT2D eigenvalue weighted by Crippen LogP contribution is 2.28. The third kappa shape index (κ3) is 5.74. The van der Waals surface area contributed by atoms with Gasteiger partial charge in [-0.1, -0.05) is 0 Å². The molecule has 0 saturated heterocycles. The summed E-state index contributed by atoms with van der Waals surface area (Å²) in [6.45, 7) is 8.87. The first kappa shape index (κ1) is 22.3. The molecular weight excluding hydrogens is 394 g/mol. The van der Waals surface area contributed by atoms with E-state index in [0.29, 0.717) is 36.8 Å². The Morgan fingerprint density at radius 3 is 2.66 bits per heavy atom. The summed E-state index contributed by atoms with van der Waals surface area (Å²) in [6.07, 6.45) is 1.48. The molecule has 0 saturated carbocycles. The standard InChI is InChI=1S/C19H25N5O4S/c1-5-23(6-2)17(25)12-28-15-9-8-14(10-16(15)27-7-3)11-20-24-18(26)13(4)21-22-19(24)29/h8-11H,5-7,12H2,1-4H3,(H,22,29)/b20-11-. The van der Waals surface area contributed by atoms with Crippen molar-refractivity contribution in [1.82, 2.24) is 19.8 Å². The molecule has 10 heteroatoms. The van der Waals surface area contributed by atoms with Crippen molar-refractivity contribution in [2.24, 2.45) is 5.10 Å². The number of nitrogens with one attached hydrogen (secondary N) is 1. The van der Waals surface area contributed by atoms with E-state index in [-0.39, 0.29) is 23.0 Å². The molecule has 0 aliphatic heterocycles. The summed E-state index contributed by atoms with van der Waals surface area (Å²) in [5.74, 6) is 0.843. The lowest BCUT2D eigenvalue weighted by Crippen LogP contribution is -2.34. The summed E-state index contributed by atoms with van der Waals surface area (Å²) in [7, 11) is 0. The second-order valence-corrected chi connectivity index (χ2v) is 6.36. The van der Waals surface area contributed by atoms with Crippen molar-refractivity contribution in [3.05, 3.63) is 44.6 Å². The van der Waals surface area contributed by atoms with Gasteiger partial charge in [0.2, 0.25) is 4.77 Å². The maximum Gasteiger partial charge on any atom is 0.296 e. The molecular formula is C19H25N5O4S. The van der Waals surface area contributed by atoms with Crippen LogP contribution < -0.4 is 15.0 Å². The van der Waals surface area contributed by atoms with Crippen LogP contribution in [0, 0.1) is 11.7 Å². The Bertz CT molecular complexity index is 995. The number of carbonyl (C=O) groups excluding carboxylic acids is 1. The molecule has 1 amide bonds. The second kappa shape index (κ2) is 10.5. The lowest BCUT2D eigenvalue weighted by Gasteiger charge is -2.19. The van der Waals surface area contributed by atoms with Gasteiger partial charge in [0.15, 0.2) is 18.1 Å². The minimum absolute atomic E-state index is 0.0734. The molecule has 0 aliphatic carbocycles.